The first-order chi connectivity index (χ1) is 14.1. The van der Waals surface area contributed by atoms with Gasteiger partial charge in [-0.2, -0.15) is 0 Å². The van der Waals surface area contributed by atoms with E-state index in [2.05, 4.69) is 0 Å². The molecule has 146 valence electrons. The SMILES string of the molecule is C[C@@H](OC(=O)c1cccc(Oc2ccccc2)c1)C(=O)N1CCc2ccccc21. The minimum atomic E-state index is -0.882. The fraction of sp³-hybridized carbons (Fsp3) is 0.167. The molecule has 0 aromatic heterocycles. The molecule has 0 bridgehead atoms. The summed E-state index contributed by atoms with van der Waals surface area (Å²) in [6, 6.07) is 23.8. The summed E-state index contributed by atoms with van der Waals surface area (Å²) in [6.07, 6.45) is -0.0751. The van der Waals surface area contributed by atoms with Crippen LogP contribution in [0.3, 0.4) is 0 Å². The molecule has 0 N–H and O–H groups in total. The Hall–Kier alpha value is -3.60. The number of para-hydroxylation sites is 2. The predicted molar refractivity (Wildman–Crippen MR) is 110 cm³/mol. The monoisotopic (exact) mass is 387 g/mol. The molecular formula is C24H21NO4. The van der Waals surface area contributed by atoms with Crippen LogP contribution < -0.4 is 9.64 Å². The Morgan fingerprint density at radius 2 is 1.62 bits per heavy atom. The first kappa shape index (κ1) is 18.7. The predicted octanol–water partition coefficient (Wildman–Crippen LogP) is 4.61. The third-order valence-corrected chi connectivity index (χ3v) is 4.83. The van der Waals surface area contributed by atoms with Gasteiger partial charge in [0, 0.05) is 12.2 Å². The number of amides is 1. The molecule has 0 radical (unpaired) electrons. The number of benzene rings is 3. The van der Waals surface area contributed by atoms with Gasteiger partial charge in [0.15, 0.2) is 6.10 Å². The quantitative estimate of drug-likeness (QED) is 0.600. The number of carbonyl (C=O) groups excluding carboxylic acids is 2. The molecule has 3 aromatic rings. The van der Waals surface area contributed by atoms with E-state index in [0.29, 0.717) is 23.6 Å². The molecule has 1 amide bonds. The maximum Gasteiger partial charge on any atom is 0.339 e. The van der Waals surface area contributed by atoms with E-state index in [1.807, 2.05) is 54.6 Å². The fourth-order valence-electron chi connectivity index (χ4n) is 3.38. The second-order valence-corrected chi connectivity index (χ2v) is 6.86. The van der Waals surface area contributed by atoms with Crippen LogP contribution in [0.1, 0.15) is 22.8 Å². The Balaban J connectivity index is 1.43. The van der Waals surface area contributed by atoms with Crippen LogP contribution in [-0.4, -0.2) is 24.5 Å². The summed E-state index contributed by atoms with van der Waals surface area (Å²) in [5.41, 5.74) is 2.35. The summed E-state index contributed by atoms with van der Waals surface area (Å²) in [6.45, 7) is 2.20. The van der Waals surface area contributed by atoms with E-state index in [9.17, 15) is 9.59 Å². The number of hydrogen-bond acceptors (Lipinski definition) is 4. The van der Waals surface area contributed by atoms with Crippen LogP contribution in [0.5, 0.6) is 11.5 Å². The van der Waals surface area contributed by atoms with Crippen molar-refractivity contribution >= 4 is 17.6 Å². The number of carbonyl (C=O) groups is 2. The lowest BCUT2D eigenvalue weighted by Crippen LogP contribution is -2.39. The summed E-state index contributed by atoms with van der Waals surface area (Å²) >= 11 is 0. The number of esters is 1. The number of hydrogen-bond donors (Lipinski definition) is 0. The van der Waals surface area contributed by atoms with Crippen LogP contribution in [0, 0.1) is 0 Å². The van der Waals surface area contributed by atoms with E-state index in [0.717, 1.165) is 17.7 Å². The van der Waals surface area contributed by atoms with Crippen molar-refractivity contribution in [2.45, 2.75) is 19.4 Å². The molecule has 0 aliphatic carbocycles. The van der Waals surface area contributed by atoms with Crippen LogP contribution in [0.2, 0.25) is 0 Å². The van der Waals surface area contributed by atoms with Crippen molar-refractivity contribution in [1.82, 2.24) is 0 Å². The Bertz CT molecular complexity index is 1030. The normalized spacial score (nSPS) is 13.5. The van der Waals surface area contributed by atoms with Gasteiger partial charge in [0.2, 0.25) is 0 Å². The van der Waals surface area contributed by atoms with Crippen LogP contribution >= 0.6 is 0 Å². The molecular weight excluding hydrogens is 366 g/mol. The molecule has 29 heavy (non-hydrogen) atoms. The van der Waals surface area contributed by atoms with Crippen LogP contribution in [0.15, 0.2) is 78.9 Å². The van der Waals surface area contributed by atoms with Crippen molar-refractivity contribution in [2.24, 2.45) is 0 Å². The highest BCUT2D eigenvalue weighted by Gasteiger charge is 2.30. The molecule has 0 unspecified atom stereocenters. The summed E-state index contributed by atoms with van der Waals surface area (Å²) in [5, 5.41) is 0. The van der Waals surface area contributed by atoms with Gasteiger partial charge in [-0.1, -0.05) is 42.5 Å². The Morgan fingerprint density at radius 1 is 0.897 bits per heavy atom. The molecule has 0 spiro atoms. The second-order valence-electron chi connectivity index (χ2n) is 6.86. The van der Waals surface area contributed by atoms with Gasteiger partial charge in [0.1, 0.15) is 11.5 Å². The largest absolute Gasteiger partial charge is 0.457 e. The van der Waals surface area contributed by atoms with Crippen molar-refractivity contribution in [1.29, 1.82) is 0 Å². The molecule has 3 aromatic carbocycles. The lowest BCUT2D eigenvalue weighted by Gasteiger charge is -2.21. The van der Waals surface area contributed by atoms with Crippen LogP contribution in [0.4, 0.5) is 5.69 Å². The Labute approximate surface area is 169 Å². The molecule has 1 aliphatic rings. The molecule has 4 rings (SSSR count). The number of anilines is 1. The minimum Gasteiger partial charge on any atom is -0.457 e. The third kappa shape index (κ3) is 4.14. The molecule has 0 saturated heterocycles. The van der Waals surface area contributed by atoms with Gasteiger partial charge >= 0.3 is 5.97 Å². The third-order valence-electron chi connectivity index (χ3n) is 4.83. The standard InChI is InChI=1S/C24H21NO4/c1-17(23(26)25-15-14-18-8-5-6-13-22(18)25)28-24(27)19-9-7-12-21(16-19)29-20-10-3-2-4-11-20/h2-13,16-17H,14-15H2,1H3/t17-/m1/s1. The molecule has 0 fully saturated rings. The van der Waals surface area contributed by atoms with E-state index >= 15 is 0 Å². The number of fused-ring (bicyclic) bond motifs is 1. The van der Waals surface area contributed by atoms with E-state index in [1.54, 1.807) is 36.1 Å². The van der Waals surface area contributed by atoms with Crippen LogP contribution in [-0.2, 0) is 16.0 Å². The summed E-state index contributed by atoms with van der Waals surface area (Å²) in [5.74, 6) is 0.421. The first-order valence-electron chi connectivity index (χ1n) is 9.55. The molecule has 1 atom stereocenters. The van der Waals surface area contributed by atoms with Crippen molar-refractivity contribution < 1.29 is 19.1 Å². The van der Waals surface area contributed by atoms with Crippen molar-refractivity contribution in [3.05, 3.63) is 90.0 Å². The topological polar surface area (TPSA) is 55.8 Å². The van der Waals surface area contributed by atoms with Crippen molar-refractivity contribution in [3.8, 4) is 11.5 Å². The second kappa shape index (κ2) is 8.19. The zero-order chi connectivity index (χ0) is 20.2. The minimum absolute atomic E-state index is 0.222. The smallest absolute Gasteiger partial charge is 0.339 e. The highest BCUT2D eigenvalue weighted by atomic mass is 16.5. The van der Waals surface area contributed by atoms with E-state index in [4.69, 9.17) is 9.47 Å². The number of nitrogens with zero attached hydrogens (tertiary/aromatic N) is 1. The molecule has 5 heteroatoms. The average Bonchev–Trinajstić information content (AvgIpc) is 3.18. The van der Waals surface area contributed by atoms with Gasteiger partial charge in [0.05, 0.1) is 5.56 Å². The summed E-state index contributed by atoms with van der Waals surface area (Å²) in [4.78, 5) is 27.1. The Morgan fingerprint density at radius 3 is 2.45 bits per heavy atom. The van der Waals surface area contributed by atoms with E-state index < -0.39 is 12.1 Å². The molecule has 0 saturated carbocycles. The maximum atomic E-state index is 12.8. The van der Waals surface area contributed by atoms with Crippen LogP contribution in [0.25, 0.3) is 0 Å². The molecule has 5 nitrogen and oxygen atoms in total. The first-order valence-corrected chi connectivity index (χ1v) is 9.55. The zero-order valence-corrected chi connectivity index (χ0v) is 16.1. The van der Waals surface area contributed by atoms with Gasteiger partial charge in [-0.25, -0.2) is 4.79 Å². The van der Waals surface area contributed by atoms with Gasteiger partial charge in [-0.15, -0.1) is 0 Å². The maximum absolute atomic E-state index is 12.8. The van der Waals surface area contributed by atoms with Gasteiger partial charge < -0.3 is 14.4 Å². The van der Waals surface area contributed by atoms with Gasteiger partial charge in [-0.05, 0) is 55.3 Å². The Kier molecular flexibility index (Phi) is 5.29. The molecule has 1 aliphatic heterocycles. The van der Waals surface area contributed by atoms with Crippen molar-refractivity contribution in [3.63, 3.8) is 0 Å². The van der Waals surface area contributed by atoms with E-state index in [-0.39, 0.29) is 5.91 Å². The molecule has 1 heterocycles. The highest BCUT2D eigenvalue weighted by molar-refractivity contribution is 6.00. The number of rotatable bonds is 5. The van der Waals surface area contributed by atoms with Gasteiger partial charge in [0.25, 0.3) is 5.91 Å². The van der Waals surface area contributed by atoms with Gasteiger partial charge in [-0.3, -0.25) is 4.79 Å². The lowest BCUT2D eigenvalue weighted by atomic mass is 10.2. The fourth-order valence-corrected chi connectivity index (χ4v) is 3.38. The van der Waals surface area contributed by atoms with Crippen molar-refractivity contribution in [2.75, 3.05) is 11.4 Å². The number of ether oxygens (including phenoxy) is 2. The average molecular weight is 387 g/mol. The summed E-state index contributed by atoms with van der Waals surface area (Å²) < 4.78 is 11.2. The van der Waals surface area contributed by atoms with E-state index in [1.165, 1.54) is 0 Å². The highest BCUT2D eigenvalue weighted by Crippen LogP contribution is 2.28. The summed E-state index contributed by atoms with van der Waals surface area (Å²) in [7, 11) is 0. The lowest BCUT2D eigenvalue weighted by molar-refractivity contribution is -0.126. The zero-order valence-electron chi connectivity index (χ0n) is 16.1.